The van der Waals surface area contributed by atoms with E-state index in [4.69, 9.17) is 11.6 Å². The van der Waals surface area contributed by atoms with Crippen molar-refractivity contribution in [2.45, 2.75) is 13.0 Å². The molecule has 0 aliphatic heterocycles. The average molecular weight is 431 g/mol. The molecule has 4 rings (SSSR count). The molecule has 0 radical (unpaired) electrons. The Kier molecular flexibility index (Phi) is 5.99. The highest BCUT2D eigenvalue weighted by Gasteiger charge is 2.24. The van der Waals surface area contributed by atoms with Crippen LogP contribution in [-0.4, -0.2) is 10.9 Å². The van der Waals surface area contributed by atoms with Gasteiger partial charge in [0, 0.05) is 16.1 Å². The van der Waals surface area contributed by atoms with E-state index in [1.807, 2.05) is 43.3 Å². The Labute approximate surface area is 185 Å². The normalized spacial score (nSPS) is 11.9. The third kappa shape index (κ3) is 4.43. The predicted octanol–water partition coefficient (Wildman–Crippen LogP) is 7.04. The second-order valence-electron chi connectivity index (χ2n) is 7.43. The van der Waals surface area contributed by atoms with Gasteiger partial charge in [-0.15, -0.1) is 0 Å². The highest BCUT2D eigenvalue weighted by atomic mass is 35.5. The molecule has 1 N–H and O–H groups in total. The fraction of sp³-hybridized carbons (Fsp3) is 0.0741. The summed E-state index contributed by atoms with van der Waals surface area (Å²) < 4.78 is 13.5. The van der Waals surface area contributed by atoms with Crippen LogP contribution in [0.3, 0.4) is 0 Å². The van der Waals surface area contributed by atoms with Crippen molar-refractivity contribution in [3.8, 4) is 22.3 Å². The van der Waals surface area contributed by atoms with Crippen molar-refractivity contribution in [3.05, 3.63) is 119 Å². The van der Waals surface area contributed by atoms with Crippen LogP contribution in [0.1, 0.15) is 27.6 Å². The number of benzene rings is 4. The Morgan fingerprint density at radius 3 is 2.26 bits per heavy atom. The zero-order valence-electron chi connectivity index (χ0n) is 16.8. The molecule has 1 unspecified atom stereocenters. The number of hydrogen-bond acceptors (Lipinski definition) is 2. The summed E-state index contributed by atoms with van der Waals surface area (Å²) in [5.74, 6) is -0.756. The zero-order chi connectivity index (χ0) is 22.0. The molecule has 0 spiro atoms. The van der Waals surface area contributed by atoms with Crippen LogP contribution in [0.25, 0.3) is 22.3 Å². The monoisotopic (exact) mass is 430 g/mol. The molecule has 0 aliphatic rings. The van der Waals surface area contributed by atoms with Crippen molar-refractivity contribution >= 4 is 17.4 Å². The lowest BCUT2D eigenvalue weighted by atomic mass is 9.87. The molecule has 0 aliphatic carbocycles. The summed E-state index contributed by atoms with van der Waals surface area (Å²) in [6.45, 7) is 1.86. The molecule has 0 aromatic heterocycles. The van der Waals surface area contributed by atoms with E-state index in [0.717, 1.165) is 22.3 Å². The number of halogens is 2. The van der Waals surface area contributed by atoms with Gasteiger partial charge >= 0.3 is 0 Å². The van der Waals surface area contributed by atoms with Crippen LogP contribution < -0.4 is 0 Å². The molecule has 0 heterocycles. The maximum Gasteiger partial charge on any atom is 0.196 e. The second kappa shape index (κ2) is 8.84. The summed E-state index contributed by atoms with van der Waals surface area (Å²) in [4.78, 5) is 13.4. The first kappa shape index (κ1) is 21.0. The van der Waals surface area contributed by atoms with Crippen molar-refractivity contribution in [3.63, 3.8) is 0 Å². The molecule has 4 aromatic rings. The highest BCUT2D eigenvalue weighted by molar-refractivity contribution is 6.30. The minimum Gasteiger partial charge on any atom is -0.380 e. The van der Waals surface area contributed by atoms with Crippen LogP contribution in [0.4, 0.5) is 4.39 Å². The molecule has 0 fully saturated rings. The standard InChI is InChI=1S/C27H20ClFO2/c1-17-14-20(16-21(28)15-17)26(30)27(31)24-9-5-8-23(18-10-12-22(29)13-11-18)25(24)19-6-3-2-4-7-19/h2-16,26,30H,1H3. The van der Waals surface area contributed by atoms with Gasteiger partial charge < -0.3 is 5.11 Å². The maximum absolute atomic E-state index is 13.5. The number of rotatable bonds is 5. The van der Waals surface area contributed by atoms with Gasteiger partial charge in [-0.1, -0.05) is 78.3 Å². The molecule has 0 bridgehead atoms. The SMILES string of the molecule is Cc1cc(Cl)cc(C(O)C(=O)c2cccc(-c3ccc(F)cc3)c2-c2ccccc2)c1. The largest absolute Gasteiger partial charge is 0.380 e. The van der Waals surface area contributed by atoms with Crippen molar-refractivity contribution in [1.29, 1.82) is 0 Å². The molecule has 0 saturated carbocycles. The van der Waals surface area contributed by atoms with Crippen molar-refractivity contribution < 1.29 is 14.3 Å². The smallest absolute Gasteiger partial charge is 0.196 e. The summed E-state index contributed by atoms with van der Waals surface area (Å²) in [5.41, 5.74) is 4.78. The van der Waals surface area contributed by atoms with E-state index >= 15 is 0 Å². The van der Waals surface area contributed by atoms with E-state index in [-0.39, 0.29) is 5.82 Å². The van der Waals surface area contributed by atoms with Crippen LogP contribution in [-0.2, 0) is 0 Å². The van der Waals surface area contributed by atoms with Gasteiger partial charge in [-0.25, -0.2) is 4.39 Å². The zero-order valence-corrected chi connectivity index (χ0v) is 17.6. The minimum absolute atomic E-state index is 0.330. The van der Waals surface area contributed by atoms with E-state index < -0.39 is 11.9 Å². The van der Waals surface area contributed by atoms with E-state index in [1.54, 1.807) is 42.5 Å². The van der Waals surface area contributed by atoms with Gasteiger partial charge in [0.25, 0.3) is 0 Å². The molecule has 0 amide bonds. The number of hydrogen-bond donors (Lipinski definition) is 1. The van der Waals surface area contributed by atoms with E-state index in [1.165, 1.54) is 12.1 Å². The maximum atomic E-state index is 13.5. The lowest BCUT2D eigenvalue weighted by molar-refractivity contribution is 0.0748. The number of aliphatic hydroxyl groups is 1. The van der Waals surface area contributed by atoms with Crippen LogP contribution >= 0.6 is 11.6 Å². The Bertz CT molecular complexity index is 1210. The third-order valence-corrected chi connectivity index (χ3v) is 5.39. The number of aryl methyl sites for hydroxylation is 1. The van der Waals surface area contributed by atoms with Crippen molar-refractivity contribution in [1.82, 2.24) is 0 Å². The first-order valence-corrected chi connectivity index (χ1v) is 10.3. The number of aliphatic hydroxyl groups excluding tert-OH is 1. The number of ketones is 1. The van der Waals surface area contributed by atoms with Gasteiger partial charge in [0.15, 0.2) is 5.78 Å². The quantitative estimate of drug-likeness (QED) is 0.345. The topological polar surface area (TPSA) is 37.3 Å². The summed E-state index contributed by atoms with van der Waals surface area (Å²) in [5, 5.41) is 11.4. The van der Waals surface area contributed by atoms with E-state index in [9.17, 15) is 14.3 Å². The molecule has 4 aromatic carbocycles. The molecule has 31 heavy (non-hydrogen) atoms. The van der Waals surface area contributed by atoms with Crippen LogP contribution in [0, 0.1) is 12.7 Å². The lowest BCUT2D eigenvalue weighted by Crippen LogP contribution is -2.14. The van der Waals surface area contributed by atoms with Gasteiger partial charge in [-0.3, -0.25) is 4.79 Å². The summed E-state index contributed by atoms with van der Waals surface area (Å²) in [6.07, 6.45) is -1.36. The van der Waals surface area contributed by atoms with Gasteiger partial charge in [-0.2, -0.15) is 0 Å². The molecule has 2 nitrogen and oxygen atoms in total. The van der Waals surface area contributed by atoms with E-state index in [2.05, 4.69) is 0 Å². The molecular formula is C27H20ClFO2. The van der Waals surface area contributed by atoms with Gasteiger partial charge in [0.1, 0.15) is 11.9 Å². The van der Waals surface area contributed by atoms with Crippen molar-refractivity contribution in [2.24, 2.45) is 0 Å². The molecule has 154 valence electrons. The Morgan fingerprint density at radius 2 is 1.58 bits per heavy atom. The summed E-state index contributed by atoms with van der Waals surface area (Å²) >= 11 is 6.14. The average Bonchev–Trinajstić information content (AvgIpc) is 2.78. The summed E-state index contributed by atoms with van der Waals surface area (Å²) in [6, 6.07) is 26.1. The molecule has 1 atom stereocenters. The number of Topliss-reactive ketones (excluding diaryl/α,β-unsaturated/α-hetero) is 1. The molecule has 0 saturated heterocycles. The van der Waals surface area contributed by atoms with E-state index in [0.29, 0.717) is 21.7 Å². The Hall–Kier alpha value is -3.27. The molecule has 4 heteroatoms. The Morgan fingerprint density at radius 1 is 0.871 bits per heavy atom. The lowest BCUT2D eigenvalue weighted by Gasteiger charge is -2.18. The fourth-order valence-corrected chi connectivity index (χ4v) is 4.06. The summed E-state index contributed by atoms with van der Waals surface area (Å²) in [7, 11) is 0. The molecular weight excluding hydrogens is 411 g/mol. The number of carbonyl (C=O) groups is 1. The van der Waals surface area contributed by atoms with Crippen LogP contribution in [0.15, 0.2) is 91.0 Å². The first-order chi connectivity index (χ1) is 14.9. The van der Waals surface area contributed by atoms with Crippen molar-refractivity contribution in [2.75, 3.05) is 0 Å². The first-order valence-electron chi connectivity index (χ1n) is 9.88. The Balaban J connectivity index is 1.88. The fourth-order valence-electron chi connectivity index (χ4n) is 3.76. The predicted molar refractivity (Wildman–Crippen MR) is 123 cm³/mol. The highest BCUT2D eigenvalue weighted by Crippen LogP contribution is 2.37. The van der Waals surface area contributed by atoms with Crippen LogP contribution in [0.5, 0.6) is 0 Å². The second-order valence-corrected chi connectivity index (χ2v) is 7.87. The van der Waals surface area contributed by atoms with Gasteiger partial charge in [0.05, 0.1) is 0 Å². The minimum atomic E-state index is -1.36. The third-order valence-electron chi connectivity index (χ3n) is 5.18. The van der Waals surface area contributed by atoms with Crippen LogP contribution in [0.2, 0.25) is 5.02 Å². The van der Waals surface area contributed by atoms with Gasteiger partial charge in [-0.05, 0) is 59.0 Å². The number of carbonyl (C=O) groups excluding carboxylic acids is 1. The van der Waals surface area contributed by atoms with Gasteiger partial charge in [0.2, 0.25) is 0 Å².